The van der Waals surface area contributed by atoms with Gasteiger partial charge in [0.25, 0.3) is 0 Å². The third-order valence-corrected chi connectivity index (χ3v) is 3.60. The van der Waals surface area contributed by atoms with Gasteiger partial charge in [-0.25, -0.2) is 4.39 Å². The van der Waals surface area contributed by atoms with E-state index in [-0.39, 0.29) is 12.4 Å². The molecule has 2 aromatic rings. The van der Waals surface area contributed by atoms with Crippen LogP contribution in [0, 0.1) is 24.6 Å². The molecular formula is C16H15FO2S. The Morgan fingerprint density at radius 2 is 2.20 bits per heavy atom. The highest BCUT2D eigenvalue weighted by Gasteiger charge is 2.04. The van der Waals surface area contributed by atoms with Crippen LogP contribution in [-0.2, 0) is 6.61 Å². The fourth-order valence-corrected chi connectivity index (χ4v) is 2.37. The van der Waals surface area contributed by atoms with Gasteiger partial charge in [0.2, 0.25) is 0 Å². The Kier molecular flexibility index (Phi) is 5.16. The van der Waals surface area contributed by atoms with E-state index in [1.165, 1.54) is 6.07 Å². The maximum atomic E-state index is 13.2. The van der Waals surface area contributed by atoms with Gasteiger partial charge in [0.05, 0.1) is 11.5 Å². The average molecular weight is 290 g/mol. The number of ether oxygens (including phenoxy) is 1. The third kappa shape index (κ3) is 3.83. The molecule has 0 amide bonds. The highest BCUT2D eigenvalue weighted by atomic mass is 32.1. The molecule has 1 aromatic heterocycles. The molecule has 1 aromatic carbocycles. The number of halogens is 1. The van der Waals surface area contributed by atoms with Gasteiger partial charge in [-0.1, -0.05) is 11.8 Å². The van der Waals surface area contributed by atoms with Gasteiger partial charge < -0.3 is 9.84 Å². The summed E-state index contributed by atoms with van der Waals surface area (Å²) in [5.74, 6) is 6.32. The quantitative estimate of drug-likeness (QED) is 0.873. The molecule has 4 heteroatoms. The zero-order valence-electron chi connectivity index (χ0n) is 11.1. The summed E-state index contributed by atoms with van der Waals surface area (Å²) < 4.78 is 18.8. The minimum atomic E-state index is -0.232. The Labute approximate surface area is 121 Å². The number of hydrogen-bond acceptors (Lipinski definition) is 3. The molecule has 0 aliphatic carbocycles. The second-order valence-corrected chi connectivity index (χ2v) is 5.23. The lowest BCUT2D eigenvalue weighted by atomic mass is 10.2. The van der Waals surface area contributed by atoms with E-state index in [0.717, 1.165) is 10.4 Å². The Bertz CT molecular complexity index is 637. The summed E-state index contributed by atoms with van der Waals surface area (Å²) in [6, 6.07) is 6.64. The number of thiophene rings is 1. The maximum absolute atomic E-state index is 13.2. The molecule has 1 N–H and O–H groups in total. The van der Waals surface area contributed by atoms with Gasteiger partial charge in [0.1, 0.15) is 18.2 Å². The average Bonchev–Trinajstić information content (AvgIpc) is 2.88. The number of hydrogen-bond donors (Lipinski definition) is 1. The molecule has 0 spiro atoms. The molecule has 0 aliphatic rings. The van der Waals surface area contributed by atoms with Crippen molar-refractivity contribution in [2.24, 2.45) is 0 Å². The first kappa shape index (κ1) is 14.6. The molecule has 0 fully saturated rings. The first-order valence-corrected chi connectivity index (χ1v) is 7.13. The van der Waals surface area contributed by atoms with Crippen LogP contribution in [0.3, 0.4) is 0 Å². The van der Waals surface area contributed by atoms with Crippen LogP contribution in [0.25, 0.3) is 0 Å². The zero-order chi connectivity index (χ0) is 14.4. The van der Waals surface area contributed by atoms with E-state index < -0.39 is 0 Å². The topological polar surface area (TPSA) is 29.5 Å². The Balaban J connectivity index is 2.02. The highest BCUT2D eigenvalue weighted by molar-refractivity contribution is 7.10. The molecule has 104 valence electrons. The molecule has 0 atom stereocenters. The lowest BCUT2D eigenvalue weighted by molar-refractivity contribution is 0.305. The summed E-state index contributed by atoms with van der Waals surface area (Å²) in [7, 11) is 0. The lowest BCUT2D eigenvalue weighted by Gasteiger charge is -2.06. The van der Waals surface area contributed by atoms with Crippen molar-refractivity contribution in [3.63, 3.8) is 0 Å². The maximum Gasteiger partial charge on any atom is 0.126 e. The highest BCUT2D eigenvalue weighted by Crippen LogP contribution is 2.21. The van der Waals surface area contributed by atoms with Crippen LogP contribution in [0.2, 0.25) is 0 Å². The van der Waals surface area contributed by atoms with Crippen molar-refractivity contribution in [3.8, 4) is 17.6 Å². The number of benzene rings is 1. The van der Waals surface area contributed by atoms with Crippen molar-refractivity contribution in [3.05, 3.63) is 51.5 Å². The van der Waals surface area contributed by atoms with Gasteiger partial charge in [-0.05, 0) is 42.1 Å². The first-order valence-electron chi connectivity index (χ1n) is 6.25. The Morgan fingerprint density at radius 1 is 1.35 bits per heavy atom. The van der Waals surface area contributed by atoms with E-state index in [1.54, 1.807) is 30.4 Å². The lowest BCUT2D eigenvalue weighted by Crippen LogP contribution is -1.96. The molecule has 2 rings (SSSR count). The van der Waals surface area contributed by atoms with Crippen LogP contribution in [0.15, 0.2) is 29.6 Å². The summed E-state index contributed by atoms with van der Waals surface area (Å²) in [5.41, 5.74) is 1.49. The van der Waals surface area contributed by atoms with Crippen molar-refractivity contribution in [2.75, 3.05) is 6.61 Å². The van der Waals surface area contributed by atoms with Crippen LogP contribution in [0.1, 0.15) is 22.4 Å². The summed E-state index contributed by atoms with van der Waals surface area (Å²) in [5, 5.41) is 10.7. The minimum absolute atomic E-state index is 0.0673. The molecule has 0 radical (unpaired) electrons. The molecular weight excluding hydrogens is 275 g/mol. The fourth-order valence-electron chi connectivity index (χ4n) is 1.63. The van der Waals surface area contributed by atoms with E-state index in [9.17, 15) is 4.39 Å². The van der Waals surface area contributed by atoms with Gasteiger partial charge in [-0.3, -0.25) is 0 Å². The normalized spacial score (nSPS) is 9.95. The van der Waals surface area contributed by atoms with E-state index in [2.05, 4.69) is 11.8 Å². The van der Waals surface area contributed by atoms with Gasteiger partial charge in [0.15, 0.2) is 0 Å². The molecule has 0 saturated carbocycles. The molecule has 0 saturated heterocycles. The first-order chi connectivity index (χ1) is 9.70. The SMILES string of the molecule is Cc1cc(OCc2sccc2C#CCCO)ccc1F. The third-order valence-electron chi connectivity index (χ3n) is 2.70. The summed E-state index contributed by atoms with van der Waals surface area (Å²) in [6.45, 7) is 2.18. The summed E-state index contributed by atoms with van der Waals surface area (Å²) in [4.78, 5) is 1.03. The molecule has 1 heterocycles. The standard InChI is InChI=1S/C16H15FO2S/c1-12-10-14(5-6-15(12)17)19-11-16-13(7-9-20-16)4-2-3-8-18/h5-7,9-10,18H,3,8,11H2,1H3. The molecule has 0 bridgehead atoms. The van der Waals surface area contributed by atoms with E-state index in [4.69, 9.17) is 9.84 Å². The van der Waals surface area contributed by atoms with Crippen LogP contribution in [0.4, 0.5) is 4.39 Å². The molecule has 2 nitrogen and oxygen atoms in total. The Morgan fingerprint density at radius 3 is 2.95 bits per heavy atom. The van der Waals surface area contributed by atoms with Crippen LogP contribution in [-0.4, -0.2) is 11.7 Å². The van der Waals surface area contributed by atoms with Gasteiger partial charge >= 0.3 is 0 Å². The van der Waals surface area contributed by atoms with E-state index in [1.807, 2.05) is 11.4 Å². The zero-order valence-corrected chi connectivity index (χ0v) is 12.0. The van der Waals surface area contributed by atoms with Crippen LogP contribution in [0.5, 0.6) is 5.75 Å². The van der Waals surface area contributed by atoms with E-state index >= 15 is 0 Å². The molecule has 0 unspecified atom stereocenters. The summed E-state index contributed by atoms with van der Waals surface area (Å²) >= 11 is 1.57. The number of rotatable bonds is 4. The predicted octanol–water partition coefficient (Wildman–Crippen LogP) is 3.51. The van der Waals surface area contributed by atoms with Crippen LogP contribution >= 0.6 is 11.3 Å². The van der Waals surface area contributed by atoms with Crippen molar-refractivity contribution >= 4 is 11.3 Å². The number of aryl methyl sites for hydroxylation is 1. The van der Waals surface area contributed by atoms with Gasteiger partial charge in [-0.15, -0.1) is 11.3 Å². The monoisotopic (exact) mass is 290 g/mol. The molecule has 0 aliphatic heterocycles. The minimum Gasteiger partial charge on any atom is -0.488 e. The number of aliphatic hydroxyl groups excluding tert-OH is 1. The smallest absolute Gasteiger partial charge is 0.126 e. The second kappa shape index (κ2) is 7.09. The van der Waals surface area contributed by atoms with Gasteiger partial charge in [-0.2, -0.15) is 0 Å². The van der Waals surface area contributed by atoms with E-state index in [0.29, 0.717) is 24.3 Å². The second-order valence-electron chi connectivity index (χ2n) is 4.23. The fraction of sp³-hybridized carbons (Fsp3) is 0.250. The van der Waals surface area contributed by atoms with Crippen molar-refractivity contribution in [2.45, 2.75) is 20.0 Å². The van der Waals surface area contributed by atoms with Crippen molar-refractivity contribution in [1.82, 2.24) is 0 Å². The number of aliphatic hydroxyl groups is 1. The van der Waals surface area contributed by atoms with Gasteiger partial charge in [0, 0.05) is 12.0 Å². The van der Waals surface area contributed by atoms with Crippen molar-refractivity contribution < 1.29 is 14.2 Å². The Hall–Kier alpha value is -1.83. The molecule has 20 heavy (non-hydrogen) atoms. The largest absolute Gasteiger partial charge is 0.488 e. The summed E-state index contributed by atoms with van der Waals surface area (Å²) in [6.07, 6.45) is 0.466. The van der Waals surface area contributed by atoms with Crippen molar-refractivity contribution in [1.29, 1.82) is 0 Å². The van der Waals surface area contributed by atoms with Crippen LogP contribution < -0.4 is 4.74 Å². The predicted molar refractivity (Wildman–Crippen MR) is 78.4 cm³/mol.